The van der Waals surface area contributed by atoms with Crippen LogP contribution in [0.1, 0.15) is 26.2 Å². The van der Waals surface area contributed by atoms with E-state index in [1.54, 1.807) is 6.92 Å². The molecule has 1 aliphatic carbocycles. The first-order chi connectivity index (χ1) is 4.22. The maximum absolute atomic E-state index is 9.20. The molecule has 1 fully saturated rings. The van der Waals surface area contributed by atoms with Gasteiger partial charge in [0.15, 0.2) is 0 Å². The van der Waals surface area contributed by atoms with Gasteiger partial charge >= 0.3 is 0 Å². The van der Waals surface area contributed by atoms with Crippen LogP contribution in [-0.4, -0.2) is 22.4 Å². The van der Waals surface area contributed by atoms with Gasteiger partial charge in [0.05, 0.1) is 12.2 Å². The van der Waals surface area contributed by atoms with Crippen LogP contribution in [-0.2, 0) is 0 Å². The van der Waals surface area contributed by atoms with E-state index in [0.717, 1.165) is 12.8 Å². The predicted octanol–water partition coefficient (Wildman–Crippen LogP) is 0.528. The molecule has 2 heteroatoms. The maximum Gasteiger partial charge on any atom is 0.0824 e. The Morgan fingerprint density at radius 3 is 2.00 bits per heavy atom. The average molecular weight is 130 g/mol. The van der Waals surface area contributed by atoms with Crippen molar-refractivity contribution in [2.75, 3.05) is 0 Å². The molecule has 54 valence electrons. The highest BCUT2D eigenvalue weighted by Crippen LogP contribution is 2.30. The van der Waals surface area contributed by atoms with Crippen LogP contribution in [0.25, 0.3) is 0 Å². The number of rotatable bonds is 2. The molecule has 0 heterocycles. The molecule has 0 amide bonds. The summed E-state index contributed by atoms with van der Waals surface area (Å²) in [5.74, 6) is 0.380. The molecule has 1 saturated carbocycles. The molecule has 2 atom stereocenters. The Hall–Kier alpha value is -0.0800. The number of aliphatic hydroxyl groups excluding tert-OH is 2. The zero-order valence-electron chi connectivity index (χ0n) is 5.75. The van der Waals surface area contributed by atoms with Crippen molar-refractivity contribution in [2.45, 2.75) is 38.4 Å². The van der Waals surface area contributed by atoms with Crippen LogP contribution in [0.4, 0.5) is 0 Å². The summed E-state index contributed by atoms with van der Waals surface area (Å²) in [5.41, 5.74) is 0. The second-order valence-corrected chi connectivity index (χ2v) is 2.92. The first-order valence-electron chi connectivity index (χ1n) is 3.58. The SMILES string of the molecule is CC(O)C(O)C1CCC1. The molecule has 0 aliphatic heterocycles. The molecule has 0 aromatic heterocycles. The molecular weight excluding hydrogens is 116 g/mol. The van der Waals surface area contributed by atoms with Crippen molar-refractivity contribution >= 4 is 0 Å². The van der Waals surface area contributed by atoms with Crippen molar-refractivity contribution < 1.29 is 10.2 Å². The molecule has 0 aromatic carbocycles. The van der Waals surface area contributed by atoms with Gasteiger partial charge in [-0.2, -0.15) is 0 Å². The van der Waals surface area contributed by atoms with E-state index in [1.807, 2.05) is 0 Å². The lowest BCUT2D eigenvalue weighted by Gasteiger charge is -2.31. The third-order valence-corrected chi connectivity index (χ3v) is 2.13. The van der Waals surface area contributed by atoms with Gasteiger partial charge in [-0.25, -0.2) is 0 Å². The van der Waals surface area contributed by atoms with E-state index in [0.29, 0.717) is 5.92 Å². The molecule has 0 bridgehead atoms. The summed E-state index contributed by atoms with van der Waals surface area (Å²) in [7, 11) is 0. The van der Waals surface area contributed by atoms with E-state index in [2.05, 4.69) is 0 Å². The molecular formula is C7H14O2. The maximum atomic E-state index is 9.20. The standard InChI is InChI=1S/C7H14O2/c1-5(8)7(9)6-3-2-4-6/h5-9H,2-4H2,1H3. The minimum absolute atomic E-state index is 0.380. The minimum atomic E-state index is -0.546. The molecule has 1 aliphatic rings. The highest BCUT2D eigenvalue weighted by atomic mass is 16.3. The van der Waals surface area contributed by atoms with Gasteiger partial charge in [-0.1, -0.05) is 6.42 Å². The van der Waals surface area contributed by atoms with Gasteiger partial charge < -0.3 is 10.2 Å². The summed E-state index contributed by atoms with van der Waals surface area (Å²) >= 11 is 0. The fourth-order valence-electron chi connectivity index (χ4n) is 1.18. The fraction of sp³-hybridized carbons (Fsp3) is 1.00. The summed E-state index contributed by atoms with van der Waals surface area (Å²) in [6, 6.07) is 0. The second kappa shape index (κ2) is 2.67. The molecule has 0 radical (unpaired) electrons. The minimum Gasteiger partial charge on any atom is -0.391 e. The highest BCUT2D eigenvalue weighted by molar-refractivity contribution is 4.79. The monoisotopic (exact) mass is 130 g/mol. The lowest BCUT2D eigenvalue weighted by molar-refractivity contribution is -0.0305. The summed E-state index contributed by atoms with van der Waals surface area (Å²) in [6.07, 6.45) is 2.38. The first-order valence-corrected chi connectivity index (χ1v) is 3.58. The summed E-state index contributed by atoms with van der Waals surface area (Å²) < 4.78 is 0. The Labute approximate surface area is 55.5 Å². The Bertz CT molecular complexity index is 86.9. The Kier molecular flexibility index (Phi) is 2.09. The predicted molar refractivity (Wildman–Crippen MR) is 35.0 cm³/mol. The fourth-order valence-corrected chi connectivity index (χ4v) is 1.18. The van der Waals surface area contributed by atoms with Gasteiger partial charge in [0.2, 0.25) is 0 Å². The summed E-state index contributed by atoms with van der Waals surface area (Å²) in [6.45, 7) is 1.64. The van der Waals surface area contributed by atoms with E-state index >= 15 is 0 Å². The molecule has 0 saturated heterocycles. The lowest BCUT2D eigenvalue weighted by atomic mass is 9.79. The number of hydrogen-bond donors (Lipinski definition) is 2. The van der Waals surface area contributed by atoms with Crippen LogP contribution >= 0.6 is 0 Å². The molecule has 0 spiro atoms. The van der Waals surface area contributed by atoms with Crippen LogP contribution in [0.5, 0.6) is 0 Å². The summed E-state index contributed by atoms with van der Waals surface area (Å²) in [4.78, 5) is 0. The Morgan fingerprint density at radius 1 is 1.33 bits per heavy atom. The summed E-state index contributed by atoms with van der Waals surface area (Å²) in [5, 5.41) is 18.1. The Morgan fingerprint density at radius 2 is 1.89 bits per heavy atom. The largest absolute Gasteiger partial charge is 0.391 e. The quantitative estimate of drug-likeness (QED) is 0.572. The van der Waals surface area contributed by atoms with E-state index < -0.39 is 12.2 Å². The van der Waals surface area contributed by atoms with E-state index in [9.17, 15) is 5.11 Å². The van der Waals surface area contributed by atoms with Crippen LogP contribution in [0, 0.1) is 5.92 Å². The van der Waals surface area contributed by atoms with Gasteiger partial charge in [-0.15, -0.1) is 0 Å². The molecule has 2 nitrogen and oxygen atoms in total. The third kappa shape index (κ3) is 1.43. The molecule has 0 aromatic rings. The smallest absolute Gasteiger partial charge is 0.0824 e. The first kappa shape index (κ1) is 7.03. The molecule has 2 N–H and O–H groups in total. The van der Waals surface area contributed by atoms with Crippen molar-refractivity contribution in [3.8, 4) is 0 Å². The van der Waals surface area contributed by atoms with Crippen molar-refractivity contribution in [3.63, 3.8) is 0 Å². The van der Waals surface area contributed by atoms with Crippen molar-refractivity contribution in [1.29, 1.82) is 0 Å². The van der Waals surface area contributed by atoms with Gasteiger partial charge in [0, 0.05) is 0 Å². The molecule has 9 heavy (non-hydrogen) atoms. The zero-order chi connectivity index (χ0) is 6.85. The number of aliphatic hydroxyl groups is 2. The molecule has 1 rings (SSSR count). The van der Waals surface area contributed by atoms with Gasteiger partial charge in [0.25, 0.3) is 0 Å². The van der Waals surface area contributed by atoms with Crippen molar-refractivity contribution in [2.24, 2.45) is 5.92 Å². The Balaban J connectivity index is 2.23. The van der Waals surface area contributed by atoms with Crippen LogP contribution < -0.4 is 0 Å². The van der Waals surface area contributed by atoms with E-state index in [4.69, 9.17) is 5.11 Å². The molecule has 2 unspecified atom stereocenters. The van der Waals surface area contributed by atoms with Gasteiger partial charge in [0.1, 0.15) is 0 Å². The van der Waals surface area contributed by atoms with Gasteiger partial charge in [-0.05, 0) is 25.7 Å². The van der Waals surface area contributed by atoms with Crippen LogP contribution in [0.15, 0.2) is 0 Å². The van der Waals surface area contributed by atoms with Crippen LogP contribution in [0.3, 0.4) is 0 Å². The normalized spacial score (nSPS) is 27.0. The van der Waals surface area contributed by atoms with E-state index in [-0.39, 0.29) is 0 Å². The zero-order valence-corrected chi connectivity index (χ0v) is 5.75. The topological polar surface area (TPSA) is 40.5 Å². The van der Waals surface area contributed by atoms with Crippen molar-refractivity contribution in [1.82, 2.24) is 0 Å². The lowest BCUT2D eigenvalue weighted by Crippen LogP contribution is -2.35. The second-order valence-electron chi connectivity index (χ2n) is 2.92. The average Bonchev–Trinajstić information content (AvgIpc) is 1.60. The van der Waals surface area contributed by atoms with Crippen LogP contribution in [0.2, 0.25) is 0 Å². The number of hydrogen-bond acceptors (Lipinski definition) is 2. The highest BCUT2D eigenvalue weighted by Gasteiger charge is 2.28. The van der Waals surface area contributed by atoms with Gasteiger partial charge in [-0.3, -0.25) is 0 Å². The third-order valence-electron chi connectivity index (χ3n) is 2.13. The van der Waals surface area contributed by atoms with Crippen molar-refractivity contribution in [3.05, 3.63) is 0 Å². The van der Waals surface area contributed by atoms with E-state index in [1.165, 1.54) is 6.42 Å².